The summed E-state index contributed by atoms with van der Waals surface area (Å²) in [5.74, 6) is -1.79. The molecule has 0 aliphatic carbocycles. The molecule has 0 radical (unpaired) electrons. The molecule has 10 heteroatoms. The van der Waals surface area contributed by atoms with Crippen molar-refractivity contribution in [2.75, 3.05) is 21.3 Å². The van der Waals surface area contributed by atoms with Gasteiger partial charge in [0.2, 0.25) is 0 Å². The third-order valence-corrected chi connectivity index (χ3v) is 5.64. The molecule has 2 aromatic carbocycles. The number of esters is 2. The maximum atomic E-state index is 12.8. The molecule has 2 aromatic rings. The zero-order valence-corrected chi connectivity index (χ0v) is 19.2. The van der Waals surface area contributed by atoms with E-state index >= 15 is 0 Å². The van der Waals surface area contributed by atoms with Gasteiger partial charge in [0.05, 0.1) is 21.3 Å². The fourth-order valence-electron chi connectivity index (χ4n) is 2.67. The molecule has 0 aliphatic heterocycles. The van der Waals surface area contributed by atoms with E-state index in [1.54, 1.807) is 0 Å². The number of methoxy groups -OCH3 is 3. The van der Waals surface area contributed by atoms with Crippen molar-refractivity contribution in [3.05, 3.63) is 70.8 Å². The fraction of sp³-hybridized carbons (Fsp3) is 0.182. The first kappa shape index (κ1) is 25.0. The third kappa shape index (κ3) is 5.89. The number of benzene rings is 2. The quantitative estimate of drug-likeness (QED) is 0.134. The predicted octanol–water partition coefficient (Wildman–Crippen LogP) is 3.57. The van der Waals surface area contributed by atoms with Crippen LogP contribution in [0.5, 0.6) is 11.5 Å². The molecule has 0 aliphatic rings. The zero-order valence-electron chi connectivity index (χ0n) is 17.6. The lowest BCUT2D eigenvalue weighted by Crippen LogP contribution is -2.15. The summed E-state index contributed by atoms with van der Waals surface area (Å²) in [6.45, 7) is 3.67. The first-order chi connectivity index (χ1) is 15.2. The van der Waals surface area contributed by atoms with Crippen molar-refractivity contribution < 1.29 is 36.4 Å². The Bertz CT molecular complexity index is 1130. The molecule has 32 heavy (non-hydrogen) atoms. The SMILES string of the molecule is C=CCc1cc(C=C(C(=O)OC)C(=O)OC)cc(OC)c1OS(=O)(=O)c1ccc(Cl)cc1. The van der Waals surface area contributed by atoms with Crippen molar-refractivity contribution in [2.24, 2.45) is 0 Å². The largest absolute Gasteiger partial charge is 0.493 e. The molecular weight excluding hydrogens is 460 g/mol. The van der Waals surface area contributed by atoms with Crippen molar-refractivity contribution in [2.45, 2.75) is 11.3 Å². The van der Waals surface area contributed by atoms with E-state index in [0.29, 0.717) is 16.1 Å². The monoisotopic (exact) mass is 480 g/mol. The Kier molecular flexibility index (Phi) is 8.45. The maximum absolute atomic E-state index is 12.8. The minimum Gasteiger partial charge on any atom is -0.493 e. The number of carbonyl (C=O) groups excluding carboxylic acids is 2. The van der Waals surface area contributed by atoms with Gasteiger partial charge in [-0.25, -0.2) is 9.59 Å². The van der Waals surface area contributed by atoms with E-state index in [1.165, 1.54) is 55.7 Å². The van der Waals surface area contributed by atoms with Gasteiger partial charge in [-0.2, -0.15) is 8.42 Å². The van der Waals surface area contributed by atoms with Crippen LogP contribution in [0.4, 0.5) is 0 Å². The Hall–Kier alpha value is -3.30. The summed E-state index contributed by atoms with van der Waals surface area (Å²) >= 11 is 5.82. The smallest absolute Gasteiger partial charge is 0.345 e. The molecule has 0 saturated heterocycles. The van der Waals surface area contributed by atoms with Crippen LogP contribution in [0, 0.1) is 0 Å². The Morgan fingerprint density at radius 2 is 1.62 bits per heavy atom. The van der Waals surface area contributed by atoms with Crippen LogP contribution in [0.1, 0.15) is 11.1 Å². The average molecular weight is 481 g/mol. The van der Waals surface area contributed by atoms with Crippen molar-refractivity contribution in [1.82, 2.24) is 0 Å². The lowest BCUT2D eigenvalue weighted by molar-refractivity contribution is -0.143. The van der Waals surface area contributed by atoms with E-state index in [4.69, 9.17) is 20.5 Å². The lowest BCUT2D eigenvalue weighted by atomic mass is 10.0. The summed E-state index contributed by atoms with van der Waals surface area (Å²) in [5, 5.41) is 0.372. The van der Waals surface area contributed by atoms with Gasteiger partial charge in [0.1, 0.15) is 10.5 Å². The number of allylic oxidation sites excluding steroid dienone is 1. The van der Waals surface area contributed by atoms with E-state index in [9.17, 15) is 18.0 Å². The second-order valence-corrected chi connectivity index (χ2v) is 8.22. The van der Waals surface area contributed by atoms with Crippen LogP contribution in [0.3, 0.4) is 0 Å². The second-order valence-electron chi connectivity index (χ2n) is 6.24. The maximum Gasteiger partial charge on any atom is 0.345 e. The molecule has 0 aromatic heterocycles. The highest BCUT2D eigenvalue weighted by Gasteiger charge is 2.24. The van der Waals surface area contributed by atoms with Gasteiger partial charge >= 0.3 is 22.1 Å². The lowest BCUT2D eigenvalue weighted by Gasteiger charge is -2.16. The molecule has 8 nitrogen and oxygen atoms in total. The Balaban J connectivity index is 2.61. The first-order valence-electron chi connectivity index (χ1n) is 9.07. The van der Waals surface area contributed by atoms with Crippen molar-refractivity contribution >= 4 is 39.7 Å². The minimum absolute atomic E-state index is 0.0576. The summed E-state index contributed by atoms with van der Waals surface area (Å²) in [7, 11) is -0.635. The van der Waals surface area contributed by atoms with Crippen LogP contribution in [-0.4, -0.2) is 41.7 Å². The van der Waals surface area contributed by atoms with E-state index < -0.39 is 22.1 Å². The van der Waals surface area contributed by atoms with Gasteiger partial charge in [-0.3, -0.25) is 0 Å². The van der Waals surface area contributed by atoms with Gasteiger partial charge in [-0.05, 0) is 54.5 Å². The van der Waals surface area contributed by atoms with E-state index in [1.807, 2.05) is 0 Å². The zero-order chi connectivity index (χ0) is 23.9. The predicted molar refractivity (Wildman–Crippen MR) is 118 cm³/mol. The van der Waals surface area contributed by atoms with Crippen LogP contribution < -0.4 is 8.92 Å². The molecular formula is C22H21ClO8S. The summed E-state index contributed by atoms with van der Waals surface area (Å²) in [6.07, 6.45) is 2.98. The Labute approximate surface area is 191 Å². The fourth-order valence-corrected chi connectivity index (χ4v) is 3.77. The van der Waals surface area contributed by atoms with Crippen molar-refractivity contribution in [3.8, 4) is 11.5 Å². The Morgan fingerprint density at radius 3 is 2.12 bits per heavy atom. The first-order valence-corrected chi connectivity index (χ1v) is 10.9. The van der Waals surface area contributed by atoms with Crippen LogP contribution in [0.25, 0.3) is 6.08 Å². The van der Waals surface area contributed by atoms with Gasteiger partial charge < -0.3 is 18.4 Å². The topological polar surface area (TPSA) is 105 Å². The van der Waals surface area contributed by atoms with Crippen molar-refractivity contribution in [3.63, 3.8) is 0 Å². The number of hydrogen-bond acceptors (Lipinski definition) is 8. The molecule has 0 N–H and O–H groups in total. The number of ether oxygens (including phenoxy) is 3. The van der Waals surface area contributed by atoms with Gasteiger partial charge in [-0.15, -0.1) is 6.58 Å². The molecule has 0 saturated carbocycles. The normalized spacial score (nSPS) is 10.6. The summed E-state index contributed by atoms with van der Waals surface area (Å²) in [5.41, 5.74) is 0.377. The highest BCUT2D eigenvalue weighted by Crippen LogP contribution is 2.36. The number of hydrogen-bond donors (Lipinski definition) is 0. The number of rotatable bonds is 9. The van der Waals surface area contributed by atoms with Crippen LogP contribution in [-0.2, 0) is 35.6 Å². The minimum atomic E-state index is -4.21. The van der Waals surface area contributed by atoms with Gasteiger partial charge in [0.25, 0.3) is 0 Å². The Morgan fingerprint density at radius 1 is 1.03 bits per heavy atom. The molecule has 0 bridgehead atoms. The molecule has 170 valence electrons. The second kappa shape index (κ2) is 10.8. The highest BCUT2D eigenvalue weighted by molar-refractivity contribution is 7.87. The van der Waals surface area contributed by atoms with Crippen molar-refractivity contribution in [1.29, 1.82) is 0 Å². The van der Waals surface area contributed by atoms with Crippen LogP contribution in [0.2, 0.25) is 5.02 Å². The summed E-state index contributed by atoms with van der Waals surface area (Å²) in [4.78, 5) is 23.8. The molecule has 0 atom stereocenters. The summed E-state index contributed by atoms with van der Waals surface area (Å²) < 4.78 is 45.5. The van der Waals surface area contributed by atoms with Gasteiger partial charge in [0, 0.05) is 10.6 Å². The highest BCUT2D eigenvalue weighted by atomic mass is 35.5. The third-order valence-electron chi connectivity index (χ3n) is 4.16. The molecule has 0 fully saturated rings. The van der Waals surface area contributed by atoms with Gasteiger partial charge in [-0.1, -0.05) is 17.7 Å². The van der Waals surface area contributed by atoms with Crippen LogP contribution >= 0.6 is 11.6 Å². The molecule has 0 amide bonds. The molecule has 0 unspecified atom stereocenters. The summed E-state index contributed by atoms with van der Waals surface area (Å²) in [6, 6.07) is 8.41. The average Bonchev–Trinajstić information content (AvgIpc) is 2.78. The van der Waals surface area contributed by atoms with E-state index in [2.05, 4.69) is 16.1 Å². The number of halogens is 1. The molecule has 0 heterocycles. The van der Waals surface area contributed by atoms with Gasteiger partial charge in [0.15, 0.2) is 11.5 Å². The number of carbonyl (C=O) groups is 2. The van der Waals surface area contributed by atoms with E-state index in [0.717, 1.165) is 14.2 Å². The van der Waals surface area contributed by atoms with E-state index in [-0.39, 0.29) is 28.4 Å². The molecule has 2 rings (SSSR count). The molecule has 0 spiro atoms. The standard InChI is InChI=1S/C22H21ClO8S/c1-5-6-15-11-14(12-18(21(24)29-3)22(25)30-4)13-19(28-2)20(15)31-32(26,27)17-9-7-16(23)8-10-17/h5,7-13H,1,6H2,2-4H3. The van der Waals surface area contributed by atoms with Crippen LogP contribution in [0.15, 0.2) is 59.5 Å².